The Morgan fingerprint density at radius 3 is 1.54 bits per heavy atom. The summed E-state index contributed by atoms with van der Waals surface area (Å²) in [6.45, 7) is 44.5. The summed E-state index contributed by atoms with van der Waals surface area (Å²) in [4.78, 5) is 5.68. The molecule has 6 aliphatic rings. The molecule has 0 fully saturated rings. The zero-order chi connectivity index (χ0) is 48.1. The molecule has 4 heteroatoms. The lowest BCUT2D eigenvalue weighted by atomic mass is 9.33. The second-order valence-electron chi connectivity index (χ2n) is 27.6. The normalized spacial score (nSPS) is 23.5. The third kappa shape index (κ3) is 6.59. The van der Waals surface area contributed by atoms with Crippen LogP contribution in [0.1, 0.15) is 206 Å². The second kappa shape index (κ2) is 14.1. The smallest absolute Gasteiger partial charge is 0.259 e. The van der Waals surface area contributed by atoms with E-state index in [0.29, 0.717) is 0 Å². The van der Waals surface area contributed by atoms with Gasteiger partial charge in [0.1, 0.15) is 0 Å². The standard InChI is InChI=1S/C63H79BN2S/c1-36-27-51-54-52(28-36)66(50-34-45-42(30-38(50)3)59(9,10)22-25-62(45,15)16)55-40-32-43-46(63(17,18)26-23-60(43,11)12)35-53(40)67-56(55)64(54)47-31-39(57(4,5)6)19-20-48(47)65(51)49-33-44-41(29-37(49)2)58(7,8)21-24-61(44,13)14/h19-20,27,29-35,52H,21-26,28H2,1-18H3. The van der Waals surface area contributed by atoms with Gasteiger partial charge in [-0.15, -0.1) is 11.3 Å². The number of hydrogen-bond acceptors (Lipinski definition) is 3. The van der Waals surface area contributed by atoms with Gasteiger partial charge < -0.3 is 9.80 Å². The highest BCUT2D eigenvalue weighted by molar-refractivity contribution is 7.32. The molecule has 0 amide bonds. The maximum atomic E-state index is 2.93. The second-order valence-corrected chi connectivity index (χ2v) is 28.7. The van der Waals surface area contributed by atoms with Gasteiger partial charge in [0, 0.05) is 37.6 Å². The number of fused-ring (bicyclic) bond motifs is 9. The van der Waals surface area contributed by atoms with Gasteiger partial charge in [0.05, 0.1) is 11.7 Å². The minimum absolute atomic E-state index is 0.00898. The summed E-state index contributed by atoms with van der Waals surface area (Å²) in [5, 5.41) is 1.46. The third-order valence-corrected chi connectivity index (χ3v) is 20.1. The van der Waals surface area contributed by atoms with Gasteiger partial charge in [0.25, 0.3) is 6.71 Å². The average molecular weight is 907 g/mol. The molecule has 5 aromatic rings. The Morgan fingerprint density at radius 2 is 1.01 bits per heavy atom. The predicted octanol–water partition coefficient (Wildman–Crippen LogP) is 16.3. The number of rotatable bonds is 2. The number of aryl methyl sites for hydroxylation is 2. The van der Waals surface area contributed by atoms with E-state index in [9.17, 15) is 0 Å². The maximum Gasteiger partial charge on any atom is 0.259 e. The van der Waals surface area contributed by atoms with Crippen molar-refractivity contribution in [2.45, 2.75) is 214 Å². The predicted molar refractivity (Wildman–Crippen MR) is 294 cm³/mol. The fourth-order valence-corrected chi connectivity index (χ4v) is 15.3. The van der Waals surface area contributed by atoms with Gasteiger partial charge in [0.2, 0.25) is 0 Å². The summed E-state index contributed by atoms with van der Waals surface area (Å²) in [6.07, 6.45) is 10.9. The van der Waals surface area contributed by atoms with Crippen LogP contribution in [0.4, 0.5) is 22.7 Å². The highest BCUT2D eigenvalue weighted by Crippen LogP contribution is 2.57. The largest absolute Gasteiger partial charge is 0.334 e. The summed E-state index contributed by atoms with van der Waals surface area (Å²) in [6, 6.07) is 23.7. The highest BCUT2D eigenvalue weighted by Gasteiger charge is 2.52. The van der Waals surface area contributed by atoms with E-state index in [4.69, 9.17) is 0 Å². The van der Waals surface area contributed by atoms with Crippen LogP contribution >= 0.6 is 11.3 Å². The summed E-state index contributed by atoms with van der Waals surface area (Å²) >= 11 is 2.11. The molecule has 0 bridgehead atoms. The first-order chi connectivity index (χ1) is 31.0. The number of thiophene rings is 1. The van der Waals surface area contributed by atoms with Gasteiger partial charge in [-0.05, 0) is 201 Å². The zero-order valence-electron chi connectivity index (χ0n) is 44.7. The molecule has 4 aliphatic carbocycles. The van der Waals surface area contributed by atoms with Crippen LogP contribution in [-0.4, -0.2) is 12.8 Å². The van der Waals surface area contributed by atoms with Crippen molar-refractivity contribution in [2.75, 3.05) is 9.80 Å². The molecule has 2 nitrogen and oxygen atoms in total. The molecule has 4 aromatic carbocycles. The van der Waals surface area contributed by atoms with Crippen LogP contribution in [0.2, 0.25) is 0 Å². The summed E-state index contributed by atoms with van der Waals surface area (Å²) in [7, 11) is 0. The van der Waals surface area contributed by atoms with E-state index in [1.54, 1.807) is 27.7 Å². The van der Waals surface area contributed by atoms with E-state index in [0.717, 1.165) is 6.42 Å². The van der Waals surface area contributed by atoms with Gasteiger partial charge in [-0.2, -0.15) is 0 Å². The first kappa shape index (κ1) is 45.4. The highest BCUT2D eigenvalue weighted by atomic mass is 32.1. The molecule has 350 valence electrons. The molecule has 3 heterocycles. The van der Waals surface area contributed by atoms with Crippen molar-refractivity contribution in [3.8, 4) is 0 Å². The Morgan fingerprint density at radius 1 is 0.552 bits per heavy atom. The quantitative estimate of drug-likeness (QED) is 0.163. The van der Waals surface area contributed by atoms with Crippen molar-refractivity contribution >= 4 is 61.1 Å². The number of benzene rings is 4. The fourth-order valence-electron chi connectivity index (χ4n) is 14.0. The van der Waals surface area contributed by atoms with E-state index in [1.165, 1.54) is 121 Å². The summed E-state index contributed by atoms with van der Waals surface area (Å²) in [5.41, 5.74) is 25.7. The van der Waals surface area contributed by atoms with Crippen LogP contribution in [0.3, 0.4) is 0 Å². The van der Waals surface area contributed by atoms with Crippen molar-refractivity contribution in [3.05, 3.63) is 127 Å². The van der Waals surface area contributed by atoms with Crippen LogP contribution in [-0.2, 0) is 37.9 Å². The van der Waals surface area contributed by atoms with Crippen molar-refractivity contribution in [2.24, 2.45) is 0 Å². The molecule has 0 saturated heterocycles. The number of nitrogens with zero attached hydrogens (tertiary/aromatic N) is 2. The lowest BCUT2D eigenvalue weighted by Crippen LogP contribution is -2.60. The van der Waals surface area contributed by atoms with Gasteiger partial charge in [-0.3, -0.25) is 0 Å². The minimum atomic E-state index is 0.00898. The molecule has 1 aromatic heterocycles. The maximum absolute atomic E-state index is 2.93. The van der Waals surface area contributed by atoms with Crippen LogP contribution in [0.25, 0.3) is 10.1 Å². The van der Waals surface area contributed by atoms with E-state index < -0.39 is 0 Å². The van der Waals surface area contributed by atoms with E-state index in [1.807, 2.05) is 0 Å². The van der Waals surface area contributed by atoms with Gasteiger partial charge in [0.15, 0.2) is 0 Å². The first-order valence-corrected chi connectivity index (χ1v) is 26.9. The Labute approximate surface area is 409 Å². The van der Waals surface area contributed by atoms with Crippen LogP contribution < -0.4 is 20.0 Å². The molecule has 0 saturated carbocycles. The van der Waals surface area contributed by atoms with Gasteiger partial charge >= 0.3 is 0 Å². The molecule has 1 unspecified atom stereocenters. The molecule has 11 rings (SSSR count). The Bertz CT molecular complexity index is 3040. The van der Waals surface area contributed by atoms with Crippen LogP contribution in [0.15, 0.2) is 77.4 Å². The lowest BCUT2D eigenvalue weighted by Gasteiger charge is -2.51. The summed E-state index contributed by atoms with van der Waals surface area (Å²) in [5.74, 6) is 0. The van der Waals surface area contributed by atoms with Crippen molar-refractivity contribution in [1.29, 1.82) is 0 Å². The van der Waals surface area contributed by atoms with Gasteiger partial charge in [-0.1, -0.05) is 134 Å². The third-order valence-electron chi connectivity index (χ3n) is 18.9. The number of anilines is 4. The number of allylic oxidation sites excluding steroid dienone is 1. The van der Waals surface area contributed by atoms with E-state index >= 15 is 0 Å². The van der Waals surface area contributed by atoms with E-state index in [2.05, 4.69) is 206 Å². The topological polar surface area (TPSA) is 6.48 Å². The van der Waals surface area contributed by atoms with Crippen molar-refractivity contribution in [3.63, 3.8) is 0 Å². The molecular formula is C63H79BN2S. The molecule has 0 radical (unpaired) electrons. The zero-order valence-corrected chi connectivity index (χ0v) is 45.5. The van der Waals surface area contributed by atoms with Crippen molar-refractivity contribution < 1.29 is 0 Å². The first-order valence-electron chi connectivity index (χ1n) is 26.1. The average Bonchev–Trinajstić information content (AvgIpc) is 3.60. The molecule has 67 heavy (non-hydrogen) atoms. The molecule has 0 spiro atoms. The van der Waals surface area contributed by atoms with Crippen LogP contribution in [0.5, 0.6) is 0 Å². The Hall–Kier alpha value is -4.02. The Kier molecular flexibility index (Phi) is 9.54. The van der Waals surface area contributed by atoms with Crippen LogP contribution in [0, 0.1) is 13.8 Å². The Balaban J connectivity index is 1.27. The number of hydrogen-bond donors (Lipinski definition) is 0. The van der Waals surface area contributed by atoms with Gasteiger partial charge in [-0.25, -0.2) is 0 Å². The molecule has 1 atom stereocenters. The molecule has 2 aliphatic heterocycles. The monoisotopic (exact) mass is 907 g/mol. The summed E-state index contributed by atoms with van der Waals surface area (Å²) < 4.78 is 2.98. The lowest BCUT2D eigenvalue weighted by molar-refractivity contribution is 0.331. The molecule has 0 N–H and O–H groups in total. The molecular weight excluding hydrogens is 828 g/mol. The van der Waals surface area contributed by atoms with Crippen molar-refractivity contribution in [1.82, 2.24) is 0 Å². The minimum Gasteiger partial charge on any atom is -0.334 e. The fraction of sp³-hybridized carbons (Fsp3) is 0.524. The SMILES string of the molecule is CC1=CC2=C3B(c4cc(C(C)(C)C)ccc4N2c2cc4c(cc2C)C(C)(C)CCC4(C)C)c2sc4cc5c(cc4c2N(c2cc4c(cc2C)C(C)(C)CCC4(C)C)C3C1)C(C)(C)CCC5(C)C. The van der Waals surface area contributed by atoms with E-state index in [-0.39, 0.29) is 50.7 Å².